The van der Waals surface area contributed by atoms with Gasteiger partial charge in [0.15, 0.2) is 0 Å². The van der Waals surface area contributed by atoms with Crippen molar-refractivity contribution < 1.29 is 14.3 Å². The molecule has 0 N–H and O–H groups in total. The maximum Gasteiger partial charge on any atom is 0.396 e. The van der Waals surface area contributed by atoms with Gasteiger partial charge in [-0.2, -0.15) is 0 Å². The van der Waals surface area contributed by atoms with E-state index in [-0.39, 0.29) is 0 Å². The van der Waals surface area contributed by atoms with Crippen LogP contribution in [0.25, 0.3) is 0 Å². The fraction of sp³-hybridized carbons (Fsp3) is 0.818. The van der Waals surface area contributed by atoms with Gasteiger partial charge in [-0.15, -0.1) is 0 Å². The number of likely N-dealkylation sites (tertiary alicyclic amines) is 1. The van der Waals surface area contributed by atoms with Crippen LogP contribution >= 0.6 is 0 Å². The van der Waals surface area contributed by atoms with Gasteiger partial charge in [0, 0.05) is 13.1 Å². The Bertz CT molecular complexity index is 263. The Labute approximate surface area is 89.6 Å². The van der Waals surface area contributed by atoms with Crippen molar-refractivity contribution in [3.05, 3.63) is 0 Å². The first-order valence-electron chi connectivity index (χ1n) is 5.59. The highest BCUT2D eigenvalue weighted by Gasteiger charge is 2.38. The lowest BCUT2D eigenvalue weighted by molar-refractivity contribution is -0.157. The summed E-state index contributed by atoms with van der Waals surface area (Å²) in [7, 11) is 1.25. The number of hydrogen-bond acceptors (Lipinski definition) is 3. The van der Waals surface area contributed by atoms with E-state index in [9.17, 15) is 9.59 Å². The van der Waals surface area contributed by atoms with Crippen LogP contribution in [0, 0.1) is 11.8 Å². The highest BCUT2D eigenvalue weighted by Crippen LogP contribution is 2.35. The molecule has 15 heavy (non-hydrogen) atoms. The van der Waals surface area contributed by atoms with Crippen molar-refractivity contribution in [3.8, 4) is 0 Å². The summed E-state index contributed by atoms with van der Waals surface area (Å²) in [5.74, 6) is 0.0419. The predicted octanol–water partition coefficient (Wildman–Crippen LogP) is 0.808. The second kappa shape index (κ2) is 4.21. The van der Waals surface area contributed by atoms with Crippen molar-refractivity contribution in [2.24, 2.45) is 11.8 Å². The molecule has 2 fully saturated rings. The van der Waals surface area contributed by atoms with Crippen LogP contribution in [0.3, 0.4) is 0 Å². The van der Waals surface area contributed by atoms with Crippen LogP contribution in [0.1, 0.15) is 25.7 Å². The average Bonchev–Trinajstić information content (AvgIpc) is 2.70. The normalized spacial score (nSPS) is 29.8. The van der Waals surface area contributed by atoms with Gasteiger partial charge in [0.1, 0.15) is 0 Å². The molecule has 0 aromatic rings. The third-order valence-corrected chi connectivity index (χ3v) is 3.62. The summed E-state index contributed by atoms with van der Waals surface area (Å²) in [6.45, 7) is 1.50. The van der Waals surface area contributed by atoms with E-state index in [1.807, 2.05) is 0 Å². The number of carbonyl (C=O) groups is 2. The topological polar surface area (TPSA) is 46.6 Å². The third kappa shape index (κ3) is 1.98. The second-order valence-corrected chi connectivity index (χ2v) is 4.51. The second-order valence-electron chi connectivity index (χ2n) is 4.51. The van der Waals surface area contributed by atoms with Gasteiger partial charge >= 0.3 is 11.9 Å². The zero-order chi connectivity index (χ0) is 10.8. The lowest BCUT2D eigenvalue weighted by atomic mass is 9.82. The molecule has 2 atom stereocenters. The molecule has 0 radical (unpaired) electrons. The summed E-state index contributed by atoms with van der Waals surface area (Å²) in [5, 5.41) is 0. The SMILES string of the molecule is COC(=O)C(=O)N1C[C@H]2CCCC[C@H]2C1. The number of rotatable bonds is 0. The van der Waals surface area contributed by atoms with Gasteiger partial charge in [0.05, 0.1) is 7.11 Å². The Morgan fingerprint density at radius 3 is 2.13 bits per heavy atom. The van der Waals surface area contributed by atoms with Crippen molar-refractivity contribution >= 4 is 11.9 Å². The molecule has 1 saturated carbocycles. The number of amides is 1. The molecule has 0 unspecified atom stereocenters. The summed E-state index contributed by atoms with van der Waals surface area (Å²) >= 11 is 0. The van der Waals surface area contributed by atoms with Gasteiger partial charge in [-0.05, 0) is 24.7 Å². The first-order valence-corrected chi connectivity index (χ1v) is 5.59. The molecule has 2 rings (SSSR count). The zero-order valence-corrected chi connectivity index (χ0v) is 9.07. The molecule has 1 amide bonds. The van der Waals surface area contributed by atoms with Crippen molar-refractivity contribution in [1.29, 1.82) is 0 Å². The molecular formula is C11H17NO3. The van der Waals surface area contributed by atoms with E-state index in [0.29, 0.717) is 11.8 Å². The van der Waals surface area contributed by atoms with Crippen LogP contribution in [0.2, 0.25) is 0 Å². The van der Waals surface area contributed by atoms with E-state index in [4.69, 9.17) is 0 Å². The maximum absolute atomic E-state index is 11.6. The van der Waals surface area contributed by atoms with Crippen molar-refractivity contribution in [1.82, 2.24) is 4.90 Å². The lowest BCUT2D eigenvalue weighted by Gasteiger charge is -2.22. The van der Waals surface area contributed by atoms with Gasteiger partial charge < -0.3 is 9.64 Å². The predicted molar refractivity (Wildman–Crippen MR) is 54.0 cm³/mol. The lowest BCUT2D eigenvalue weighted by Crippen LogP contribution is -2.35. The van der Waals surface area contributed by atoms with Crippen LogP contribution in [-0.2, 0) is 14.3 Å². The summed E-state index contributed by atoms with van der Waals surface area (Å²) in [4.78, 5) is 24.3. The van der Waals surface area contributed by atoms with E-state index < -0.39 is 11.9 Å². The number of ether oxygens (including phenoxy) is 1. The first-order chi connectivity index (χ1) is 7.22. The number of methoxy groups -OCH3 is 1. The fourth-order valence-corrected chi connectivity index (χ4v) is 2.79. The van der Waals surface area contributed by atoms with E-state index >= 15 is 0 Å². The van der Waals surface area contributed by atoms with Crippen LogP contribution in [0.5, 0.6) is 0 Å². The van der Waals surface area contributed by atoms with Gasteiger partial charge in [0.2, 0.25) is 0 Å². The monoisotopic (exact) mass is 211 g/mol. The minimum Gasteiger partial charge on any atom is -0.462 e. The van der Waals surface area contributed by atoms with E-state index in [2.05, 4.69) is 4.74 Å². The van der Waals surface area contributed by atoms with Crippen LogP contribution < -0.4 is 0 Å². The molecule has 0 aromatic heterocycles. The quantitative estimate of drug-likeness (QED) is 0.440. The molecule has 1 aliphatic heterocycles. The number of nitrogens with zero attached hydrogens (tertiary/aromatic N) is 1. The van der Waals surface area contributed by atoms with Gasteiger partial charge in [-0.3, -0.25) is 4.79 Å². The standard InChI is InChI=1S/C11H17NO3/c1-15-11(14)10(13)12-6-8-4-2-3-5-9(8)7-12/h8-9H,2-7H2,1H3/t8-,9+. The van der Waals surface area contributed by atoms with E-state index in [1.54, 1.807) is 4.90 Å². The maximum atomic E-state index is 11.6. The zero-order valence-electron chi connectivity index (χ0n) is 9.07. The summed E-state index contributed by atoms with van der Waals surface area (Å²) in [6.07, 6.45) is 4.94. The number of fused-ring (bicyclic) bond motifs is 1. The third-order valence-electron chi connectivity index (χ3n) is 3.62. The molecule has 84 valence electrons. The van der Waals surface area contributed by atoms with Crippen LogP contribution in [0.4, 0.5) is 0 Å². The molecule has 2 aliphatic rings. The minimum absolute atomic E-state index is 0.466. The van der Waals surface area contributed by atoms with Crippen molar-refractivity contribution in [2.75, 3.05) is 20.2 Å². The Morgan fingerprint density at radius 2 is 1.67 bits per heavy atom. The summed E-state index contributed by atoms with van der Waals surface area (Å²) in [5.41, 5.74) is 0. The Balaban J connectivity index is 1.96. The molecule has 1 aliphatic carbocycles. The molecule has 1 heterocycles. The number of hydrogen-bond donors (Lipinski definition) is 0. The molecule has 1 saturated heterocycles. The smallest absolute Gasteiger partial charge is 0.396 e. The average molecular weight is 211 g/mol. The highest BCUT2D eigenvalue weighted by atomic mass is 16.5. The van der Waals surface area contributed by atoms with Gasteiger partial charge in [-0.1, -0.05) is 12.8 Å². The van der Waals surface area contributed by atoms with Gasteiger partial charge in [0.25, 0.3) is 0 Å². The van der Waals surface area contributed by atoms with Crippen molar-refractivity contribution in [3.63, 3.8) is 0 Å². The Kier molecular flexibility index (Phi) is 2.93. The summed E-state index contributed by atoms with van der Waals surface area (Å²) in [6, 6.07) is 0. The van der Waals surface area contributed by atoms with Gasteiger partial charge in [-0.25, -0.2) is 4.79 Å². The molecule has 4 heteroatoms. The molecule has 0 bridgehead atoms. The number of carbonyl (C=O) groups excluding carboxylic acids is 2. The first kappa shape index (κ1) is 10.5. The number of esters is 1. The van der Waals surface area contributed by atoms with Crippen molar-refractivity contribution in [2.45, 2.75) is 25.7 Å². The van der Waals surface area contributed by atoms with E-state index in [0.717, 1.165) is 13.1 Å². The Morgan fingerprint density at radius 1 is 1.13 bits per heavy atom. The molecule has 0 aromatic carbocycles. The van der Waals surface area contributed by atoms with Crippen LogP contribution in [0.15, 0.2) is 0 Å². The Hall–Kier alpha value is -1.06. The largest absolute Gasteiger partial charge is 0.462 e. The minimum atomic E-state index is -0.728. The van der Waals surface area contributed by atoms with Crippen LogP contribution in [-0.4, -0.2) is 37.0 Å². The molecule has 0 spiro atoms. The molecular weight excluding hydrogens is 194 g/mol. The summed E-state index contributed by atoms with van der Waals surface area (Å²) < 4.78 is 4.45. The van der Waals surface area contributed by atoms with E-state index in [1.165, 1.54) is 32.8 Å². The fourth-order valence-electron chi connectivity index (χ4n) is 2.79. The highest BCUT2D eigenvalue weighted by molar-refractivity contribution is 6.32. The molecule has 4 nitrogen and oxygen atoms in total.